The quantitative estimate of drug-likeness (QED) is 0.450. The fraction of sp³-hybridized carbons (Fsp3) is 0.320. The van der Waals surface area contributed by atoms with E-state index in [2.05, 4.69) is 25.5 Å². The summed E-state index contributed by atoms with van der Waals surface area (Å²) in [5, 5.41) is 11.7. The third kappa shape index (κ3) is 4.88. The number of benzene rings is 2. The highest BCUT2D eigenvalue weighted by Crippen LogP contribution is 2.33. The number of carbonyl (C=O) groups is 1. The molecule has 1 fully saturated rings. The number of nitrogens with one attached hydrogen (secondary N) is 2. The molecule has 2 aromatic carbocycles. The van der Waals surface area contributed by atoms with Crippen LogP contribution in [-0.2, 0) is 11.2 Å². The molecule has 0 spiro atoms. The van der Waals surface area contributed by atoms with Crippen LogP contribution in [0.1, 0.15) is 49.7 Å². The van der Waals surface area contributed by atoms with Gasteiger partial charge in [-0.3, -0.25) is 9.59 Å². The number of aromatic amines is 1. The Hall–Kier alpha value is -3.88. The molecule has 0 atom stereocenters. The van der Waals surface area contributed by atoms with Crippen molar-refractivity contribution in [3.63, 3.8) is 0 Å². The molecule has 34 heavy (non-hydrogen) atoms. The molecule has 9 heteroatoms. The number of nitrogens with zero attached hydrogens (tertiary/aromatic N) is 3. The van der Waals surface area contributed by atoms with Crippen molar-refractivity contribution in [2.45, 2.75) is 50.5 Å². The van der Waals surface area contributed by atoms with Gasteiger partial charge in [-0.05, 0) is 56.0 Å². The summed E-state index contributed by atoms with van der Waals surface area (Å²) in [6.07, 6.45) is 3.88. The summed E-state index contributed by atoms with van der Waals surface area (Å²) in [5.74, 6) is 1.20. The molecule has 8 nitrogen and oxygen atoms in total. The second-order valence-corrected chi connectivity index (χ2v) is 8.60. The molecular formula is C25H24FN5O3. The molecule has 2 heterocycles. The Balaban J connectivity index is 1.12. The van der Waals surface area contributed by atoms with Crippen LogP contribution < -0.4 is 10.9 Å². The van der Waals surface area contributed by atoms with Gasteiger partial charge in [-0.1, -0.05) is 18.2 Å². The molecule has 0 radical (unpaired) electrons. The number of hydrogen-bond acceptors (Lipinski definition) is 6. The highest BCUT2D eigenvalue weighted by atomic mass is 19.1. The monoisotopic (exact) mass is 461 g/mol. The molecule has 1 aliphatic carbocycles. The molecule has 174 valence electrons. The van der Waals surface area contributed by atoms with Crippen molar-refractivity contribution in [3.8, 4) is 11.5 Å². The maximum Gasteiger partial charge on any atom is 0.258 e. The van der Waals surface area contributed by atoms with Gasteiger partial charge in [-0.2, -0.15) is 0 Å². The van der Waals surface area contributed by atoms with Crippen LogP contribution >= 0.6 is 0 Å². The number of H-pyrrole nitrogens is 1. The lowest BCUT2D eigenvalue weighted by Gasteiger charge is -2.27. The van der Waals surface area contributed by atoms with E-state index in [1.165, 1.54) is 12.1 Å². The van der Waals surface area contributed by atoms with Crippen LogP contribution in [0.4, 0.5) is 4.39 Å². The highest BCUT2D eigenvalue weighted by molar-refractivity contribution is 5.78. The van der Waals surface area contributed by atoms with Crippen molar-refractivity contribution >= 4 is 16.8 Å². The topological polar surface area (TPSA) is 114 Å². The zero-order valence-electron chi connectivity index (χ0n) is 18.5. The summed E-state index contributed by atoms with van der Waals surface area (Å²) in [6.45, 7) is 0. The first-order valence-electron chi connectivity index (χ1n) is 11.4. The highest BCUT2D eigenvalue weighted by Gasteiger charge is 2.27. The Bertz CT molecular complexity index is 1360. The lowest BCUT2D eigenvalue weighted by atomic mass is 9.86. The van der Waals surface area contributed by atoms with Crippen molar-refractivity contribution < 1.29 is 13.6 Å². The van der Waals surface area contributed by atoms with Crippen molar-refractivity contribution in [2.24, 2.45) is 0 Å². The Labute approximate surface area is 194 Å². The van der Waals surface area contributed by atoms with Crippen molar-refractivity contribution in [1.29, 1.82) is 0 Å². The number of aryl methyl sites for hydroxylation is 1. The normalized spacial score (nSPS) is 18.1. The molecule has 2 aromatic heterocycles. The number of fused-ring (bicyclic) bond motifs is 1. The molecule has 1 saturated carbocycles. The predicted octanol–water partition coefficient (Wildman–Crippen LogP) is 3.89. The third-order valence-electron chi connectivity index (χ3n) is 6.21. The second kappa shape index (κ2) is 9.54. The Morgan fingerprint density at radius 3 is 2.68 bits per heavy atom. The van der Waals surface area contributed by atoms with E-state index >= 15 is 0 Å². The van der Waals surface area contributed by atoms with E-state index in [9.17, 15) is 14.0 Å². The van der Waals surface area contributed by atoms with E-state index < -0.39 is 11.4 Å². The average molecular weight is 461 g/mol. The van der Waals surface area contributed by atoms with E-state index in [0.29, 0.717) is 29.5 Å². The van der Waals surface area contributed by atoms with E-state index in [4.69, 9.17) is 4.42 Å². The van der Waals surface area contributed by atoms with Gasteiger partial charge < -0.3 is 14.7 Å². The van der Waals surface area contributed by atoms with Crippen LogP contribution in [0, 0.1) is 5.82 Å². The first kappa shape index (κ1) is 21.9. The Kier molecular flexibility index (Phi) is 6.16. The molecule has 0 unspecified atom stereocenters. The maximum absolute atomic E-state index is 13.3. The SMILES string of the molecule is O=C(CCc1nc2ccc(F)cc2c(=O)[nH]1)NC1CCC(c2nnc(-c3ccccc3)o2)CC1. The number of halogens is 1. The second-order valence-electron chi connectivity index (χ2n) is 8.60. The molecule has 0 bridgehead atoms. The van der Waals surface area contributed by atoms with E-state index in [1.807, 2.05) is 30.3 Å². The third-order valence-corrected chi connectivity index (χ3v) is 6.21. The standard InChI is InChI=1S/C25H24FN5O3/c26-17-8-11-20-19(14-17)23(33)29-21(28-20)12-13-22(32)27-18-9-6-16(7-10-18)25-31-30-24(34-25)15-4-2-1-3-5-15/h1-5,8,11,14,16,18H,6-7,9-10,12-13H2,(H,27,32)(H,28,29,33). The number of aromatic nitrogens is 4. The molecule has 0 aliphatic heterocycles. The fourth-order valence-corrected chi connectivity index (χ4v) is 4.39. The first-order valence-corrected chi connectivity index (χ1v) is 11.4. The van der Waals surface area contributed by atoms with Crippen LogP contribution in [0.2, 0.25) is 0 Å². The minimum Gasteiger partial charge on any atom is -0.420 e. The Morgan fingerprint density at radius 1 is 1.09 bits per heavy atom. The number of carbonyl (C=O) groups excluding carboxylic acids is 1. The van der Waals surface area contributed by atoms with Crippen LogP contribution in [0.15, 0.2) is 57.7 Å². The summed E-state index contributed by atoms with van der Waals surface area (Å²) in [7, 11) is 0. The molecule has 4 aromatic rings. The van der Waals surface area contributed by atoms with Crippen LogP contribution in [-0.4, -0.2) is 32.1 Å². The van der Waals surface area contributed by atoms with Gasteiger partial charge in [0.25, 0.3) is 5.56 Å². The molecule has 2 N–H and O–H groups in total. The van der Waals surface area contributed by atoms with Crippen LogP contribution in [0.3, 0.4) is 0 Å². The number of amides is 1. The fourth-order valence-electron chi connectivity index (χ4n) is 4.39. The van der Waals surface area contributed by atoms with E-state index in [0.717, 1.165) is 37.3 Å². The summed E-state index contributed by atoms with van der Waals surface area (Å²) < 4.78 is 19.2. The number of rotatable bonds is 6. The summed E-state index contributed by atoms with van der Waals surface area (Å²) in [4.78, 5) is 31.6. The van der Waals surface area contributed by atoms with Gasteiger partial charge in [0.1, 0.15) is 11.6 Å². The van der Waals surface area contributed by atoms with Gasteiger partial charge in [-0.15, -0.1) is 10.2 Å². The molecule has 1 aliphatic rings. The van der Waals surface area contributed by atoms with Crippen molar-refractivity contribution in [1.82, 2.24) is 25.5 Å². The molecule has 1 amide bonds. The molecular weight excluding hydrogens is 437 g/mol. The Morgan fingerprint density at radius 2 is 1.88 bits per heavy atom. The van der Waals surface area contributed by atoms with E-state index in [1.54, 1.807) is 0 Å². The lowest BCUT2D eigenvalue weighted by molar-refractivity contribution is -0.122. The lowest BCUT2D eigenvalue weighted by Crippen LogP contribution is -2.37. The van der Waals surface area contributed by atoms with Crippen LogP contribution in [0.25, 0.3) is 22.4 Å². The van der Waals surface area contributed by atoms with Gasteiger partial charge in [0.2, 0.25) is 17.7 Å². The van der Waals surface area contributed by atoms with E-state index in [-0.39, 0.29) is 29.7 Å². The van der Waals surface area contributed by atoms with Crippen molar-refractivity contribution in [3.05, 3.63) is 76.4 Å². The summed E-state index contributed by atoms with van der Waals surface area (Å²) in [5.41, 5.74) is 0.904. The van der Waals surface area contributed by atoms with Gasteiger partial charge in [0, 0.05) is 30.4 Å². The summed E-state index contributed by atoms with van der Waals surface area (Å²) in [6, 6.07) is 13.7. The van der Waals surface area contributed by atoms with Crippen LogP contribution in [0.5, 0.6) is 0 Å². The maximum atomic E-state index is 13.3. The van der Waals surface area contributed by atoms with Gasteiger partial charge >= 0.3 is 0 Å². The number of hydrogen-bond donors (Lipinski definition) is 2. The minimum atomic E-state index is -0.489. The van der Waals surface area contributed by atoms with Gasteiger partial charge in [-0.25, -0.2) is 9.37 Å². The van der Waals surface area contributed by atoms with Crippen molar-refractivity contribution in [2.75, 3.05) is 0 Å². The predicted molar refractivity (Wildman–Crippen MR) is 124 cm³/mol. The smallest absolute Gasteiger partial charge is 0.258 e. The zero-order valence-corrected chi connectivity index (χ0v) is 18.5. The minimum absolute atomic E-state index is 0.0885. The average Bonchev–Trinajstić information content (AvgIpc) is 3.35. The molecule has 5 rings (SSSR count). The summed E-state index contributed by atoms with van der Waals surface area (Å²) >= 11 is 0. The largest absolute Gasteiger partial charge is 0.420 e. The molecule has 0 saturated heterocycles. The first-order chi connectivity index (χ1) is 16.5. The van der Waals surface area contributed by atoms with Gasteiger partial charge in [0.15, 0.2) is 0 Å². The van der Waals surface area contributed by atoms with Gasteiger partial charge in [0.05, 0.1) is 10.9 Å². The zero-order chi connectivity index (χ0) is 23.5.